The van der Waals surface area contributed by atoms with Gasteiger partial charge in [0.2, 0.25) is 0 Å². The van der Waals surface area contributed by atoms with Crippen molar-refractivity contribution in [1.82, 2.24) is 0 Å². The highest BCUT2D eigenvalue weighted by molar-refractivity contribution is 7.80. The van der Waals surface area contributed by atoms with Crippen molar-refractivity contribution in [2.75, 3.05) is 47.9 Å². The van der Waals surface area contributed by atoms with Gasteiger partial charge in [-0.3, -0.25) is 0 Å². The number of rotatable bonds is 13. The Labute approximate surface area is 128 Å². The Kier molecular flexibility index (Phi) is 11.1. The average Bonchev–Trinajstić information content (AvgIpc) is 2.51. The molecular weight excluding hydrogens is 300 g/mol. The van der Waals surface area contributed by atoms with Crippen molar-refractivity contribution in [2.45, 2.75) is 31.3 Å². The average molecular weight is 329 g/mol. The summed E-state index contributed by atoms with van der Waals surface area (Å²) in [4.78, 5) is 0. The molecular formula is C12H28O6SSi. The maximum atomic E-state index is 5.85. The van der Waals surface area contributed by atoms with Gasteiger partial charge in [0, 0.05) is 54.6 Å². The molecule has 0 saturated carbocycles. The topological polar surface area (TPSA) is 55.4 Å². The molecule has 0 fully saturated rings. The van der Waals surface area contributed by atoms with Crippen molar-refractivity contribution in [2.24, 2.45) is 0 Å². The molecule has 0 aromatic carbocycles. The largest absolute Gasteiger partial charge is 0.500 e. The van der Waals surface area contributed by atoms with Crippen LogP contribution >= 0.6 is 12.6 Å². The number of methoxy groups -OCH3 is 3. The van der Waals surface area contributed by atoms with Gasteiger partial charge in [-0.25, -0.2) is 0 Å². The van der Waals surface area contributed by atoms with Crippen molar-refractivity contribution in [1.29, 1.82) is 0 Å². The van der Waals surface area contributed by atoms with Crippen LogP contribution < -0.4 is 0 Å². The van der Waals surface area contributed by atoms with Crippen LogP contribution in [0.4, 0.5) is 0 Å². The standard InChI is InChI=1S/C12H28O6SSi/c1-13-12(14-2,15-3)8-11-20(16-4,17-5)18-9-6-7-10-19/h19H,6-11H2,1-5H3. The lowest BCUT2D eigenvalue weighted by Crippen LogP contribution is -2.47. The van der Waals surface area contributed by atoms with Gasteiger partial charge < -0.3 is 27.5 Å². The fourth-order valence-electron chi connectivity index (χ4n) is 1.78. The first-order chi connectivity index (χ1) is 9.57. The molecule has 8 heteroatoms. The second-order valence-corrected chi connectivity index (χ2v) is 7.58. The summed E-state index contributed by atoms with van der Waals surface area (Å²) in [5, 5.41) is 0. The van der Waals surface area contributed by atoms with Crippen LogP contribution in [0.2, 0.25) is 6.04 Å². The normalized spacial score (nSPS) is 12.9. The Hall–Kier alpha value is 0.327. The molecule has 0 bridgehead atoms. The van der Waals surface area contributed by atoms with Crippen LogP contribution in [0.15, 0.2) is 0 Å². The van der Waals surface area contributed by atoms with Gasteiger partial charge in [0.15, 0.2) is 0 Å². The van der Waals surface area contributed by atoms with Crippen LogP contribution in [0.1, 0.15) is 19.3 Å². The van der Waals surface area contributed by atoms with Crippen molar-refractivity contribution < 1.29 is 27.5 Å². The third-order valence-corrected chi connectivity index (χ3v) is 6.23. The Bertz CT molecular complexity index is 228. The number of ether oxygens (including phenoxy) is 3. The monoisotopic (exact) mass is 328 g/mol. The number of hydrogen-bond acceptors (Lipinski definition) is 7. The molecule has 0 unspecified atom stereocenters. The minimum atomic E-state index is -2.72. The molecule has 20 heavy (non-hydrogen) atoms. The Morgan fingerprint density at radius 1 is 0.900 bits per heavy atom. The summed E-state index contributed by atoms with van der Waals surface area (Å²) in [5.74, 6) is -0.248. The summed E-state index contributed by atoms with van der Waals surface area (Å²) >= 11 is 4.17. The second kappa shape index (κ2) is 11.0. The van der Waals surface area contributed by atoms with E-state index in [-0.39, 0.29) is 0 Å². The highest BCUT2D eigenvalue weighted by Gasteiger charge is 2.43. The molecule has 0 N–H and O–H groups in total. The number of thiol groups is 1. The first-order valence-corrected chi connectivity index (χ1v) is 9.14. The minimum absolute atomic E-state index is 0.455. The van der Waals surface area contributed by atoms with Gasteiger partial charge in [-0.05, 0) is 18.6 Å². The Morgan fingerprint density at radius 2 is 1.45 bits per heavy atom. The van der Waals surface area contributed by atoms with E-state index in [1.165, 1.54) is 21.3 Å². The summed E-state index contributed by atoms with van der Waals surface area (Å²) < 4.78 is 32.7. The van der Waals surface area contributed by atoms with Crippen molar-refractivity contribution >= 4 is 21.4 Å². The quantitative estimate of drug-likeness (QED) is 0.241. The van der Waals surface area contributed by atoms with E-state index in [4.69, 9.17) is 27.5 Å². The van der Waals surface area contributed by atoms with Gasteiger partial charge in [-0.15, -0.1) is 0 Å². The van der Waals surface area contributed by atoms with Crippen LogP contribution in [0, 0.1) is 0 Å². The number of hydrogen-bond donors (Lipinski definition) is 1. The predicted octanol–water partition coefficient (Wildman–Crippen LogP) is 1.93. The molecule has 0 spiro atoms. The third kappa shape index (κ3) is 6.40. The van der Waals surface area contributed by atoms with E-state index in [1.54, 1.807) is 14.2 Å². The molecule has 122 valence electrons. The Balaban J connectivity index is 4.50. The van der Waals surface area contributed by atoms with E-state index in [9.17, 15) is 0 Å². The molecule has 0 amide bonds. The molecule has 0 aliphatic heterocycles. The molecule has 0 heterocycles. The highest BCUT2D eigenvalue weighted by atomic mass is 32.1. The lowest BCUT2D eigenvalue weighted by Gasteiger charge is -2.32. The van der Waals surface area contributed by atoms with E-state index in [0.29, 0.717) is 19.1 Å². The SMILES string of the molecule is COC(CC[Si](OC)(OC)OCCCCS)(OC)OC. The van der Waals surface area contributed by atoms with Gasteiger partial charge in [0.25, 0.3) is 5.97 Å². The van der Waals surface area contributed by atoms with Crippen LogP contribution in [0.25, 0.3) is 0 Å². The molecule has 0 rings (SSSR count). The zero-order chi connectivity index (χ0) is 15.5. The van der Waals surface area contributed by atoms with Gasteiger partial charge in [0.05, 0.1) is 0 Å². The first-order valence-electron chi connectivity index (χ1n) is 6.58. The first kappa shape index (κ1) is 20.3. The van der Waals surface area contributed by atoms with E-state index >= 15 is 0 Å². The van der Waals surface area contributed by atoms with Crippen LogP contribution in [0.5, 0.6) is 0 Å². The van der Waals surface area contributed by atoms with E-state index < -0.39 is 14.8 Å². The summed E-state index contributed by atoms with van der Waals surface area (Å²) in [5.41, 5.74) is 0. The van der Waals surface area contributed by atoms with Gasteiger partial charge in [-0.1, -0.05) is 0 Å². The predicted molar refractivity (Wildman–Crippen MR) is 82.0 cm³/mol. The zero-order valence-electron chi connectivity index (χ0n) is 13.1. The smallest absolute Gasteiger partial charge is 0.377 e. The highest BCUT2D eigenvalue weighted by Crippen LogP contribution is 2.26. The second-order valence-electron chi connectivity index (χ2n) is 4.17. The summed E-state index contributed by atoms with van der Waals surface area (Å²) in [6, 6.07) is 0.538. The molecule has 0 saturated heterocycles. The summed E-state index contributed by atoms with van der Waals surface area (Å²) in [6.07, 6.45) is 2.38. The van der Waals surface area contributed by atoms with Crippen LogP contribution in [-0.4, -0.2) is 62.7 Å². The summed E-state index contributed by atoms with van der Waals surface area (Å²) in [7, 11) is 5.08. The molecule has 0 atom stereocenters. The maximum Gasteiger partial charge on any atom is 0.500 e. The van der Waals surface area contributed by atoms with Gasteiger partial charge in [0.1, 0.15) is 0 Å². The molecule has 0 aliphatic carbocycles. The fraction of sp³-hybridized carbons (Fsp3) is 1.00. The van der Waals surface area contributed by atoms with Crippen molar-refractivity contribution in [3.8, 4) is 0 Å². The lowest BCUT2D eigenvalue weighted by molar-refractivity contribution is -0.353. The Morgan fingerprint density at radius 3 is 1.85 bits per heavy atom. The van der Waals surface area contributed by atoms with Crippen molar-refractivity contribution in [3.05, 3.63) is 0 Å². The maximum absolute atomic E-state index is 5.85. The van der Waals surface area contributed by atoms with E-state index in [2.05, 4.69) is 12.6 Å². The van der Waals surface area contributed by atoms with Crippen LogP contribution in [-0.2, 0) is 27.5 Å². The van der Waals surface area contributed by atoms with Gasteiger partial charge >= 0.3 is 8.80 Å². The fourth-order valence-corrected chi connectivity index (χ4v) is 4.03. The van der Waals surface area contributed by atoms with E-state index in [0.717, 1.165) is 18.6 Å². The minimum Gasteiger partial charge on any atom is -0.377 e. The molecule has 0 aromatic rings. The molecule has 0 aliphatic rings. The molecule has 0 aromatic heterocycles. The third-order valence-electron chi connectivity index (χ3n) is 3.17. The van der Waals surface area contributed by atoms with Crippen LogP contribution in [0.3, 0.4) is 0 Å². The lowest BCUT2D eigenvalue weighted by atomic mass is 10.4. The zero-order valence-corrected chi connectivity index (χ0v) is 15.0. The summed E-state index contributed by atoms with van der Waals surface area (Å²) in [6.45, 7) is 0.592. The van der Waals surface area contributed by atoms with Crippen molar-refractivity contribution in [3.63, 3.8) is 0 Å². The molecule has 0 radical (unpaired) electrons. The molecule has 6 nitrogen and oxygen atoms in total. The number of unbranched alkanes of at least 4 members (excludes halogenated alkanes) is 1. The van der Waals surface area contributed by atoms with E-state index in [1.807, 2.05) is 0 Å². The van der Waals surface area contributed by atoms with Gasteiger partial charge in [-0.2, -0.15) is 12.6 Å².